The number of benzene rings is 1. The van der Waals surface area contributed by atoms with Crippen molar-refractivity contribution < 1.29 is 4.74 Å². The van der Waals surface area contributed by atoms with E-state index in [1.54, 1.807) is 7.11 Å². The number of hydrogen-bond acceptors (Lipinski definition) is 3. The second-order valence-corrected chi connectivity index (χ2v) is 6.06. The molecule has 0 radical (unpaired) electrons. The first-order valence-corrected chi connectivity index (χ1v) is 7.50. The van der Waals surface area contributed by atoms with Crippen molar-refractivity contribution in [3.8, 4) is 0 Å². The molecule has 0 aliphatic heterocycles. The molecule has 0 amide bonds. The van der Waals surface area contributed by atoms with Gasteiger partial charge < -0.3 is 10.5 Å². The van der Waals surface area contributed by atoms with Gasteiger partial charge in [-0.15, -0.1) is 0 Å². The number of nitrogens with zero attached hydrogens (tertiary/aromatic N) is 1. The fourth-order valence-corrected chi connectivity index (χ4v) is 2.43. The van der Waals surface area contributed by atoms with Gasteiger partial charge in [0.15, 0.2) is 0 Å². The predicted octanol–water partition coefficient (Wildman–Crippen LogP) is 2.99. The highest BCUT2D eigenvalue weighted by atomic mass is 16.5. The smallest absolute Gasteiger partial charge is 0.0589 e. The Morgan fingerprint density at radius 1 is 1.15 bits per heavy atom. The van der Waals surface area contributed by atoms with E-state index in [1.807, 2.05) is 0 Å². The standard InChI is InChI=1S/C17H30N2O/c1-13(2)12-19(10-11-20-5)15(4)17(18)16-8-6-14(3)7-9-16/h6-9,13,15,17H,10-12,18H2,1-5H3. The summed E-state index contributed by atoms with van der Waals surface area (Å²) in [4.78, 5) is 2.43. The summed E-state index contributed by atoms with van der Waals surface area (Å²) in [5.41, 5.74) is 8.93. The maximum absolute atomic E-state index is 6.45. The van der Waals surface area contributed by atoms with Crippen molar-refractivity contribution in [2.45, 2.75) is 39.8 Å². The van der Waals surface area contributed by atoms with Crippen LogP contribution in [-0.4, -0.2) is 37.7 Å². The maximum atomic E-state index is 6.45. The molecule has 0 aromatic heterocycles. The van der Waals surface area contributed by atoms with E-state index in [2.05, 4.69) is 56.9 Å². The molecule has 1 rings (SSSR count). The summed E-state index contributed by atoms with van der Waals surface area (Å²) >= 11 is 0. The molecule has 1 aromatic rings. The monoisotopic (exact) mass is 278 g/mol. The van der Waals surface area contributed by atoms with Crippen molar-refractivity contribution in [2.24, 2.45) is 11.7 Å². The zero-order chi connectivity index (χ0) is 15.1. The summed E-state index contributed by atoms with van der Waals surface area (Å²) < 4.78 is 5.22. The lowest BCUT2D eigenvalue weighted by molar-refractivity contribution is 0.105. The van der Waals surface area contributed by atoms with Gasteiger partial charge in [0.05, 0.1) is 6.61 Å². The number of rotatable bonds is 8. The summed E-state index contributed by atoms with van der Waals surface area (Å²) in [6, 6.07) is 8.87. The summed E-state index contributed by atoms with van der Waals surface area (Å²) in [5.74, 6) is 0.625. The summed E-state index contributed by atoms with van der Waals surface area (Å²) in [6.45, 7) is 11.5. The van der Waals surface area contributed by atoms with E-state index in [4.69, 9.17) is 10.5 Å². The van der Waals surface area contributed by atoms with E-state index < -0.39 is 0 Å². The lowest BCUT2D eigenvalue weighted by atomic mass is 9.98. The van der Waals surface area contributed by atoms with Crippen LogP contribution >= 0.6 is 0 Å². The highest BCUT2D eigenvalue weighted by Gasteiger charge is 2.22. The van der Waals surface area contributed by atoms with Gasteiger partial charge in [-0.05, 0) is 25.3 Å². The molecule has 0 spiro atoms. The van der Waals surface area contributed by atoms with Crippen LogP contribution in [0.25, 0.3) is 0 Å². The molecular weight excluding hydrogens is 248 g/mol. The molecule has 114 valence electrons. The molecule has 0 saturated heterocycles. The summed E-state index contributed by atoms with van der Waals surface area (Å²) in [5, 5.41) is 0. The van der Waals surface area contributed by atoms with E-state index in [-0.39, 0.29) is 6.04 Å². The lowest BCUT2D eigenvalue weighted by Crippen LogP contribution is -2.44. The molecule has 2 unspecified atom stereocenters. The van der Waals surface area contributed by atoms with Gasteiger partial charge in [0.2, 0.25) is 0 Å². The Balaban J connectivity index is 2.75. The molecule has 0 bridgehead atoms. The Kier molecular flexibility index (Phi) is 7.20. The highest BCUT2D eigenvalue weighted by molar-refractivity contribution is 5.24. The van der Waals surface area contributed by atoms with Crippen molar-refractivity contribution in [2.75, 3.05) is 26.8 Å². The van der Waals surface area contributed by atoms with Crippen LogP contribution < -0.4 is 5.73 Å². The fourth-order valence-electron chi connectivity index (χ4n) is 2.43. The van der Waals surface area contributed by atoms with Crippen LogP contribution in [0.1, 0.15) is 37.9 Å². The quantitative estimate of drug-likeness (QED) is 0.794. The first-order chi connectivity index (χ1) is 9.45. The Morgan fingerprint density at radius 3 is 2.25 bits per heavy atom. The SMILES string of the molecule is COCCN(CC(C)C)C(C)C(N)c1ccc(C)cc1. The van der Waals surface area contributed by atoms with Crippen LogP contribution in [0.3, 0.4) is 0 Å². The van der Waals surface area contributed by atoms with Gasteiger partial charge in [-0.2, -0.15) is 0 Å². The average molecular weight is 278 g/mol. The number of hydrogen-bond donors (Lipinski definition) is 1. The van der Waals surface area contributed by atoms with Crippen LogP contribution in [-0.2, 0) is 4.74 Å². The first-order valence-electron chi connectivity index (χ1n) is 7.50. The molecule has 0 aliphatic carbocycles. The third kappa shape index (κ3) is 5.23. The third-order valence-electron chi connectivity index (χ3n) is 3.74. The van der Waals surface area contributed by atoms with Gasteiger partial charge >= 0.3 is 0 Å². The van der Waals surface area contributed by atoms with Crippen LogP contribution in [0, 0.1) is 12.8 Å². The third-order valence-corrected chi connectivity index (χ3v) is 3.74. The fraction of sp³-hybridized carbons (Fsp3) is 0.647. The Bertz CT molecular complexity index is 375. The van der Waals surface area contributed by atoms with Gasteiger partial charge in [0.1, 0.15) is 0 Å². The van der Waals surface area contributed by atoms with E-state index in [0.717, 1.165) is 19.7 Å². The molecule has 2 N–H and O–H groups in total. The van der Waals surface area contributed by atoms with Crippen molar-refractivity contribution in [1.29, 1.82) is 0 Å². The number of aryl methyl sites for hydroxylation is 1. The van der Waals surface area contributed by atoms with Crippen molar-refractivity contribution in [3.05, 3.63) is 35.4 Å². The minimum atomic E-state index is 0.0335. The minimum Gasteiger partial charge on any atom is -0.383 e. The van der Waals surface area contributed by atoms with Crippen LogP contribution in [0.15, 0.2) is 24.3 Å². The molecule has 0 heterocycles. The van der Waals surface area contributed by atoms with Crippen LogP contribution in [0.5, 0.6) is 0 Å². The summed E-state index contributed by atoms with van der Waals surface area (Å²) in [6.07, 6.45) is 0. The first kappa shape index (κ1) is 17.2. The van der Waals surface area contributed by atoms with Gasteiger partial charge in [0, 0.05) is 32.3 Å². The number of methoxy groups -OCH3 is 1. The highest BCUT2D eigenvalue weighted by Crippen LogP contribution is 2.20. The van der Waals surface area contributed by atoms with Crippen molar-refractivity contribution in [3.63, 3.8) is 0 Å². The largest absolute Gasteiger partial charge is 0.383 e. The zero-order valence-electron chi connectivity index (χ0n) is 13.6. The molecule has 0 aliphatic rings. The van der Waals surface area contributed by atoms with E-state index in [1.165, 1.54) is 11.1 Å². The van der Waals surface area contributed by atoms with E-state index in [9.17, 15) is 0 Å². The van der Waals surface area contributed by atoms with E-state index >= 15 is 0 Å². The Morgan fingerprint density at radius 2 is 1.75 bits per heavy atom. The normalized spacial score (nSPS) is 14.8. The molecule has 1 aromatic carbocycles. The molecule has 3 nitrogen and oxygen atoms in total. The average Bonchev–Trinajstić information content (AvgIpc) is 2.42. The lowest BCUT2D eigenvalue weighted by Gasteiger charge is -2.34. The molecule has 3 heteroatoms. The van der Waals surface area contributed by atoms with E-state index in [0.29, 0.717) is 12.0 Å². The molecule has 20 heavy (non-hydrogen) atoms. The second-order valence-electron chi connectivity index (χ2n) is 6.06. The van der Waals surface area contributed by atoms with Gasteiger partial charge in [-0.1, -0.05) is 43.7 Å². The van der Waals surface area contributed by atoms with Gasteiger partial charge in [-0.3, -0.25) is 4.90 Å². The van der Waals surface area contributed by atoms with Gasteiger partial charge in [-0.25, -0.2) is 0 Å². The minimum absolute atomic E-state index is 0.0335. The Hall–Kier alpha value is -0.900. The zero-order valence-corrected chi connectivity index (χ0v) is 13.6. The second kappa shape index (κ2) is 8.40. The number of nitrogens with two attached hydrogens (primary N) is 1. The molecule has 0 saturated carbocycles. The maximum Gasteiger partial charge on any atom is 0.0589 e. The van der Waals surface area contributed by atoms with Crippen molar-refractivity contribution >= 4 is 0 Å². The molecule has 0 fully saturated rings. The van der Waals surface area contributed by atoms with Crippen LogP contribution in [0.4, 0.5) is 0 Å². The van der Waals surface area contributed by atoms with Gasteiger partial charge in [0.25, 0.3) is 0 Å². The molecular formula is C17H30N2O. The van der Waals surface area contributed by atoms with Crippen LogP contribution in [0.2, 0.25) is 0 Å². The summed E-state index contributed by atoms with van der Waals surface area (Å²) in [7, 11) is 1.75. The number of ether oxygens (including phenoxy) is 1. The topological polar surface area (TPSA) is 38.5 Å². The van der Waals surface area contributed by atoms with Crippen molar-refractivity contribution in [1.82, 2.24) is 4.90 Å². The predicted molar refractivity (Wildman–Crippen MR) is 85.9 cm³/mol. The Labute approximate surface area is 124 Å². The molecule has 2 atom stereocenters.